The van der Waals surface area contributed by atoms with E-state index in [1.807, 2.05) is 11.8 Å². The van der Waals surface area contributed by atoms with Gasteiger partial charge in [-0.15, -0.1) is 0 Å². The highest BCUT2D eigenvalue weighted by Gasteiger charge is 2.26. The average molecular weight is 241 g/mol. The molecule has 0 saturated carbocycles. The monoisotopic (exact) mass is 241 g/mol. The number of nitrogens with one attached hydrogen (secondary N) is 2. The summed E-state index contributed by atoms with van der Waals surface area (Å²) in [7, 11) is 1.77. The van der Waals surface area contributed by atoms with Gasteiger partial charge in [-0.25, -0.2) is 0 Å². The second kappa shape index (κ2) is 7.27. The number of likely N-dealkylation sites (N-methyl/N-ethyl adjacent to an activating group) is 1. The van der Waals surface area contributed by atoms with E-state index < -0.39 is 0 Å². The second-order valence-corrected chi connectivity index (χ2v) is 4.48. The Morgan fingerprint density at radius 3 is 2.47 bits per heavy atom. The van der Waals surface area contributed by atoms with Crippen molar-refractivity contribution in [3.05, 3.63) is 0 Å². The van der Waals surface area contributed by atoms with Gasteiger partial charge >= 0.3 is 0 Å². The molecule has 2 amide bonds. The lowest BCUT2D eigenvalue weighted by Crippen LogP contribution is -2.45. The van der Waals surface area contributed by atoms with Gasteiger partial charge in [0, 0.05) is 25.6 Å². The highest BCUT2D eigenvalue weighted by atomic mass is 16.2. The minimum absolute atomic E-state index is 0.0835. The van der Waals surface area contributed by atoms with Crippen molar-refractivity contribution >= 4 is 11.8 Å². The number of piperidine rings is 1. The van der Waals surface area contributed by atoms with E-state index in [2.05, 4.69) is 10.6 Å². The van der Waals surface area contributed by atoms with Crippen molar-refractivity contribution < 1.29 is 9.59 Å². The fraction of sp³-hybridized carbons (Fsp3) is 0.833. The number of likely N-dealkylation sites (tertiary alicyclic amines) is 1. The van der Waals surface area contributed by atoms with Crippen molar-refractivity contribution in [2.45, 2.75) is 26.2 Å². The van der Waals surface area contributed by atoms with Crippen molar-refractivity contribution in [1.82, 2.24) is 15.5 Å². The molecular weight excluding hydrogens is 218 g/mol. The summed E-state index contributed by atoms with van der Waals surface area (Å²) in [4.78, 5) is 25.2. The molecule has 0 radical (unpaired) electrons. The molecule has 17 heavy (non-hydrogen) atoms. The first-order chi connectivity index (χ1) is 8.19. The molecule has 1 aliphatic heterocycles. The third-order valence-electron chi connectivity index (χ3n) is 3.10. The van der Waals surface area contributed by atoms with E-state index in [1.54, 1.807) is 7.05 Å². The van der Waals surface area contributed by atoms with Crippen molar-refractivity contribution in [1.29, 1.82) is 0 Å². The van der Waals surface area contributed by atoms with E-state index in [0.29, 0.717) is 19.6 Å². The summed E-state index contributed by atoms with van der Waals surface area (Å²) >= 11 is 0. The molecule has 0 aromatic rings. The van der Waals surface area contributed by atoms with E-state index in [4.69, 9.17) is 0 Å². The van der Waals surface area contributed by atoms with Crippen molar-refractivity contribution in [3.63, 3.8) is 0 Å². The lowest BCUT2D eigenvalue weighted by atomic mass is 9.96. The molecule has 0 aromatic carbocycles. The van der Waals surface area contributed by atoms with E-state index in [9.17, 15) is 9.59 Å². The topological polar surface area (TPSA) is 61.4 Å². The first kappa shape index (κ1) is 14.0. The van der Waals surface area contributed by atoms with Crippen LogP contribution in [-0.4, -0.2) is 49.9 Å². The maximum absolute atomic E-state index is 11.7. The first-order valence-electron chi connectivity index (χ1n) is 6.39. The van der Waals surface area contributed by atoms with E-state index in [0.717, 1.165) is 25.8 Å². The summed E-state index contributed by atoms with van der Waals surface area (Å²) in [5, 5.41) is 5.77. The fourth-order valence-corrected chi connectivity index (χ4v) is 2.05. The third kappa shape index (κ3) is 4.34. The molecule has 0 unspecified atom stereocenters. The second-order valence-electron chi connectivity index (χ2n) is 4.48. The lowest BCUT2D eigenvalue weighted by Gasteiger charge is -2.31. The molecule has 2 N–H and O–H groups in total. The molecule has 5 heteroatoms. The summed E-state index contributed by atoms with van der Waals surface area (Å²) in [6.45, 7) is 4.57. The average Bonchev–Trinajstić information content (AvgIpc) is 2.36. The number of rotatable bonds is 5. The number of carbonyl (C=O) groups excluding carboxylic acids is 2. The van der Waals surface area contributed by atoms with Crippen LogP contribution in [0.5, 0.6) is 0 Å². The van der Waals surface area contributed by atoms with Crippen LogP contribution in [0.15, 0.2) is 0 Å². The van der Waals surface area contributed by atoms with Gasteiger partial charge in [-0.05, 0) is 26.3 Å². The third-order valence-corrected chi connectivity index (χ3v) is 3.10. The zero-order valence-corrected chi connectivity index (χ0v) is 10.8. The zero-order valence-electron chi connectivity index (χ0n) is 10.8. The van der Waals surface area contributed by atoms with Crippen LogP contribution in [0.2, 0.25) is 0 Å². The van der Waals surface area contributed by atoms with Gasteiger partial charge in [-0.1, -0.05) is 6.92 Å². The molecule has 1 heterocycles. The van der Waals surface area contributed by atoms with Gasteiger partial charge in [0.15, 0.2) is 0 Å². The Morgan fingerprint density at radius 2 is 1.94 bits per heavy atom. The van der Waals surface area contributed by atoms with Crippen LogP contribution in [0.4, 0.5) is 0 Å². The molecule has 1 saturated heterocycles. The molecule has 1 fully saturated rings. The number of carbonyl (C=O) groups is 2. The zero-order chi connectivity index (χ0) is 12.7. The van der Waals surface area contributed by atoms with Gasteiger partial charge in [0.1, 0.15) is 0 Å². The molecule has 1 aliphatic rings. The van der Waals surface area contributed by atoms with E-state index in [-0.39, 0.29) is 17.7 Å². The Hall–Kier alpha value is -1.10. The predicted molar refractivity (Wildman–Crippen MR) is 66.5 cm³/mol. The van der Waals surface area contributed by atoms with Gasteiger partial charge in [-0.2, -0.15) is 0 Å². The maximum atomic E-state index is 11.7. The smallest absolute Gasteiger partial charge is 0.236 e. The Labute approximate surface area is 103 Å². The summed E-state index contributed by atoms with van der Waals surface area (Å²) in [6, 6.07) is 0. The minimum atomic E-state index is 0.0835. The summed E-state index contributed by atoms with van der Waals surface area (Å²) < 4.78 is 0. The van der Waals surface area contributed by atoms with Crippen LogP contribution in [0.25, 0.3) is 0 Å². The van der Waals surface area contributed by atoms with Gasteiger partial charge in [-0.3, -0.25) is 9.59 Å². The Morgan fingerprint density at radius 1 is 1.29 bits per heavy atom. The maximum Gasteiger partial charge on any atom is 0.236 e. The summed E-state index contributed by atoms with van der Waals surface area (Å²) in [5.41, 5.74) is 0. The van der Waals surface area contributed by atoms with Crippen LogP contribution in [-0.2, 0) is 9.59 Å². The molecule has 5 nitrogen and oxygen atoms in total. The van der Waals surface area contributed by atoms with E-state index >= 15 is 0 Å². The normalized spacial score (nSPS) is 16.9. The molecular formula is C12H23N3O2. The van der Waals surface area contributed by atoms with Crippen LogP contribution in [0, 0.1) is 5.92 Å². The Balaban J connectivity index is 2.30. The highest BCUT2D eigenvalue weighted by molar-refractivity contribution is 5.80. The number of amides is 2. The van der Waals surface area contributed by atoms with Crippen LogP contribution < -0.4 is 10.6 Å². The standard InChI is InChI=1S/C12H23N3O2/c1-3-6-14-12(17)10-4-7-15(8-5-10)11(16)9-13-2/h10,13H,3-9H2,1-2H3,(H,14,17). The van der Waals surface area contributed by atoms with Crippen LogP contribution in [0.3, 0.4) is 0 Å². The summed E-state index contributed by atoms with van der Waals surface area (Å²) in [5.74, 6) is 0.354. The molecule has 0 atom stereocenters. The van der Waals surface area contributed by atoms with Crippen LogP contribution >= 0.6 is 0 Å². The van der Waals surface area contributed by atoms with Gasteiger partial charge in [0.05, 0.1) is 6.54 Å². The van der Waals surface area contributed by atoms with Crippen molar-refractivity contribution in [2.75, 3.05) is 33.2 Å². The summed E-state index contributed by atoms with van der Waals surface area (Å²) in [6.07, 6.45) is 2.53. The largest absolute Gasteiger partial charge is 0.356 e. The molecule has 0 spiro atoms. The molecule has 1 rings (SSSR count). The van der Waals surface area contributed by atoms with Gasteiger partial charge in [0.25, 0.3) is 0 Å². The van der Waals surface area contributed by atoms with Gasteiger partial charge < -0.3 is 15.5 Å². The predicted octanol–water partition coefficient (Wildman–Crippen LogP) is -0.0294. The Bertz CT molecular complexity index is 260. The quantitative estimate of drug-likeness (QED) is 0.710. The SMILES string of the molecule is CCCNC(=O)C1CCN(C(=O)CNC)CC1. The number of nitrogens with zero attached hydrogens (tertiary/aromatic N) is 1. The van der Waals surface area contributed by atoms with E-state index in [1.165, 1.54) is 0 Å². The molecule has 0 aromatic heterocycles. The van der Waals surface area contributed by atoms with Gasteiger partial charge in [0.2, 0.25) is 11.8 Å². The number of hydrogen-bond acceptors (Lipinski definition) is 3. The number of hydrogen-bond donors (Lipinski definition) is 2. The molecule has 0 bridgehead atoms. The van der Waals surface area contributed by atoms with Crippen molar-refractivity contribution in [3.8, 4) is 0 Å². The Kier molecular flexibility index (Phi) is 5.97. The minimum Gasteiger partial charge on any atom is -0.356 e. The van der Waals surface area contributed by atoms with Crippen LogP contribution in [0.1, 0.15) is 26.2 Å². The lowest BCUT2D eigenvalue weighted by molar-refractivity contribution is -0.134. The first-order valence-corrected chi connectivity index (χ1v) is 6.39. The molecule has 98 valence electrons. The van der Waals surface area contributed by atoms with Crippen molar-refractivity contribution in [2.24, 2.45) is 5.92 Å². The molecule has 0 aliphatic carbocycles. The highest BCUT2D eigenvalue weighted by Crippen LogP contribution is 2.17. The fourth-order valence-electron chi connectivity index (χ4n) is 2.05.